The van der Waals surface area contributed by atoms with Crippen molar-refractivity contribution in [2.75, 3.05) is 13.7 Å². The van der Waals surface area contributed by atoms with Crippen molar-refractivity contribution < 1.29 is 9.53 Å². The van der Waals surface area contributed by atoms with Crippen LogP contribution in [-0.2, 0) is 11.3 Å². The van der Waals surface area contributed by atoms with Gasteiger partial charge in [0.15, 0.2) is 0 Å². The van der Waals surface area contributed by atoms with Crippen molar-refractivity contribution in [3.8, 4) is 0 Å². The molecule has 5 nitrogen and oxygen atoms in total. The number of carbonyl (C=O) groups excluding carboxylic acids is 1. The molecule has 1 N–H and O–H groups in total. The van der Waals surface area contributed by atoms with Gasteiger partial charge in [-0.25, -0.2) is 0 Å². The Kier molecular flexibility index (Phi) is 5.36. The number of halogens is 1. The van der Waals surface area contributed by atoms with Crippen LogP contribution >= 0.6 is 11.6 Å². The number of hydrogen-bond acceptors (Lipinski definition) is 3. The molecule has 0 unspecified atom stereocenters. The number of aryl methyl sites for hydroxylation is 1. The Balaban J connectivity index is 1.98. The van der Waals surface area contributed by atoms with E-state index in [-0.39, 0.29) is 12.0 Å². The average Bonchev–Trinajstić information content (AvgIpc) is 2.97. The van der Waals surface area contributed by atoms with Crippen molar-refractivity contribution in [2.45, 2.75) is 19.6 Å². The van der Waals surface area contributed by atoms with Crippen LogP contribution in [0.4, 0.5) is 0 Å². The van der Waals surface area contributed by atoms with E-state index in [2.05, 4.69) is 10.4 Å². The van der Waals surface area contributed by atoms with Crippen LogP contribution in [0.5, 0.6) is 0 Å². The van der Waals surface area contributed by atoms with Crippen LogP contribution in [-0.4, -0.2) is 29.3 Å². The number of carbonyl (C=O) groups is 1. The second-order valence-electron chi connectivity index (χ2n) is 4.57. The molecule has 1 heterocycles. The highest BCUT2D eigenvalue weighted by atomic mass is 35.5. The number of amides is 1. The minimum Gasteiger partial charge on any atom is -0.375 e. The summed E-state index contributed by atoms with van der Waals surface area (Å²) in [5.74, 6) is -0.168. The quantitative estimate of drug-likeness (QED) is 0.892. The molecule has 0 aliphatic heterocycles. The first-order valence-electron chi connectivity index (χ1n) is 6.73. The predicted octanol–water partition coefficient (Wildman–Crippen LogP) is 2.67. The van der Waals surface area contributed by atoms with E-state index >= 15 is 0 Å². The Bertz CT molecular complexity index is 612. The number of nitrogens with zero attached hydrogens (tertiary/aromatic N) is 2. The third-order valence-electron chi connectivity index (χ3n) is 3.17. The highest BCUT2D eigenvalue weighted by Crippen LogP contribution is 2.19. The molecule has 0 saturated carbocycles. The van der Waals surface area contributed by atoms with E-state index in [4.69, 9.17) is 16.3 Å². The summed E-state index contributed by atoms with van der Waals surface area (Å²) < 4.78 is 7.12. The molecule has 0 saturated heterocycles. The summed E-state index contributed by atoms with van der Waals surface area (Å²) in [6.45, 7) is 3.07. The number of rotatable bonds is 6. The number of methoxy groups -OCH3 is 1. The van der Waals surface area contributed by atoms with Crippen molar-refractivity contribution in [2.24, 2.45) is 0 Å². The summed E-state index contributed by atoms with van der Waals surface area (Å²) >= 11 is 5.97. The van der Waals surface area contributed by atoms with E-state index in [0.29, 0.717) is 17.1 Å². The molecule has 112 valence electrons. The van der Waals surface area contributed by atoms with Gasteiger partial charge in [0.25, 0.3) is 5.91 Å². The Labute approximate surface area is 128 Å². The van der Waals surface area contributed by atoms with E-state index in [0.717, 1.165) is 12.1 Å². The molecular formula is C15H18ClN3O2. The van der Waals surface area contributed by atoms with Crippen LogP contribution in [0.2, 0.25) is 5.02 Å². The van der Waals surface area contributed by atoms with Crippen LogP contribution in [0.3, 0.4) is 0 Å². The topological polar surface area (TPSA) is 56.2 Å². The van der Waals surface area contributed by atoms with Crippen LogP contribution in [0.1, 0.15) is 28.9 Å². The minimum absolute atomic E-state index is 0.168. The summed E-state index contributed by atoms with van der Waals surface area (Å²) in [5.41, 5.74) is 1.47. The molecule has 2 rings (SSSR count). The number of benzene rings is 1. The molecule has 0 radical (unpaired) electrons. The largest absolute Gasteiger partial charge is 0.375 e. The van der Waals surface area contributed by atoms with Gasteiger partial charge >= 0.3 is 0 Å². The molecule has 6 heteroatoms. The lowest BCUT2D eigenvalue weighted by atomic mass is 10.1. The second kappa shape index (κ2) is 7.24. The summed E-state index contributed by atoms with van der Waals surface area (Å²) in [5, 5.41) is 7.57. The van der Waals surface area contributed by atoms with Crippen LogP contribution in [0, 0.1) is 0 Å². The predicted molar refractivity (Wildman–Crippen MR) is 81.4 cm³/mol. The zero-order valence-electron chi connectivity index (χ0n) is 12.0. The second-order valence-corrected chi connectivity index (χ2v) is 5.01. The molecule has 2 aromatic rings. The lowest BCUT2D eigenvalue weighted by Gasteiger charge is -2.16. The molecule has 1 amide bonds. The fourth-order valence-electron chi connectivity index (χ4n) is 1.99. The molecule has 0 fully saturated rings. The normalized spacial score (nSPS) is 12.1. The first kappa shape index (κ1) is 15.5. The fraction of sp³-hybridized carbons (Fsp3) is 0.333. The maximum Gasteiger partial charge on any atom is 0.254 e. The Morgan fingerprint density at radius 3 is 2.95 bits per heavy atom. The van der Waals surface area contributed by atoms with Crippen LogP contribution in [0.25, 0.3) is 0 Å². The summed E-state index contributed by atoms with van der Waals surface area (Å²) in [4.78, 5) is 12.0. The standard InChI is InChI=1S/C15H18ClN3O2/c1-3-19-10-12(8-18-19)15(20)17-9-14(21-2)11-5-4-6-13(16)7-11/h4-8,10,14H,3,9H2,1-2H3,(H,17,20)/t14-/m0/s1. The van der Waals surface area contributed by atoms with Gasteiger partial charge in [-0.1, -0.05) is 23.7 Å². The van der Waals surface area contributed by atoms with Gasteiger partial charge in [0.1, 0.15) is 0 Å². The van der Waals surface area contributed by atoms with E-state index < -0.39 is 0 Å². The van der Waals surface area contributed by atoms with Gasteiger partial charge in [0.05, 0.1) is 17.9 Å². The average molecular weight is 308 g/mol. The Morgan fingerprint density at radius 1 is 1.52 bits per heavy atom. The van der Waals surface area contributed by atoms with E-state index in [1.165, 1.54) is 0 Å². The van der Waals surface area contributed by atoms with Gasteiger partial charge in [0, 0.05) is 31.4 Å². The Hall–Kier alpha value is -1.85. The van der Waals surface area contributed by atoms with Crippen LogP contribution < -0.4 is 5.32 Å². The summed E-state index contributed by atoms with van der Waals surface area (Å²) in [6.07, 6.45) is 3.03. The van der Waals surface area contributed by atoms with Crippen molar-refractivity contribution in [3.63, 3.8) is 0 Å². The van der Waals surface area contributed by atoms with E-state index in [1.54, 1.807) is 30.3 Å². The molecule has 0 aliphatic carbocycles. The van der Waals surface area contributed by atoms with Gasteiger partial charge in [-0.2, -0.15) is 5.10 Å². The SMILES string of the molecule is CCn1cc(C(=O)NC[C@H](OC)c2cccc(Cl)c2)cn1. The van der Waals surface area contributed by atoms with Gasteiger partial charge in [-0.05, 0) is 24.6 Å². The lowest BCUT2D eigenvalue weighted by molar-refractivity contribution is 0.0828. The number of ether oxygens (including phenoxy) is 1. The number of hydrogen-bond donors (Lipinski definition) is 1. The molecule has 0 aliphatic rings. The van der Waals surface area contributed by atoms with Crippen molar-refractivity contribution in [1.82, 2.24) is 15.1 Å². The molecule has 1 aromatic heterocycles. The minimum atomic E-state index is -0.242. The zero-order chi connectivity index (χ0) is 15.2. The van der Waals surface area contributed by atoms with Gasteiger partial charge in [-0.15, -0.1) is 0 Å². The third-order valence-corrected chi connectivity index (χ3v) is 3.41. The van der Waals surface area contributed by atoms with Crippen molar-refractivity contribution >= 4 is 17.5 Å². The number of nitrogens with one attached hydrogen (secondary N) is 1. The fourth-order valence-corrected chi connectivity index (χ4v) is 2.18. The maximum atomic E-state index is 12.0. The van der Waals surface area contributed by atoms with Crippen LogP contribution in [0.15, 0.2) is 36.7 Å². The van der Waals surface area contributed by atoms with E-state index in [9.17, 15) is 4.79 Å². The maximum absolute atomic E-state index is 12.0. The zero-order valence-corrected chi connectivity index (χ0v) is 12.8. The Morgan fingerprint density at radius 2 is 2.33 bits per heavy atom. The first-order valence-corrected chi connectivity index (χ1v) is 7.10. The van der Waals surface area contributed by atoms with Crippen molar-refractivity contribution in [1.29, 1.82) is 0 Å². The molecule has 21 heavy (non-hydrogen) atoms. The summed E-state index contributed by atoms with van der Waals surface area (Å²) in [7, 11) is 1.60. The van der Waals surface area contributed by atoms with Gasteiger partial charge < -0.3 is 10.1 Å². The van der Waals surface area contributed by atoms with E-state index in [1.807, 2.05) is 25.1 Å². The highest BCUT2D eigenvalue weighted by Gasteiger charge is 2.14. The smallest absolute Gasteiger partial charge is 0.254 e. The lowest BCUT2D eigenvalue weighted by Crippen LogP contribution is -2.28. The monoisotopic (exact) mass is 307 g/mol. The van der Waals surface area contributed by atoms with Crippen molar-refractivity contribution in [3.05, 3.63) is 52.8 Å². The van der Waals surface area contributed by atoms with Gasteiger partial charge in [0.2, 0.25) is 0 Å². The first-order chi connectivity index (χ1) is 10.1. The number of aromatic nitrogens is 2. The molecule has 1 atom stereocenters. The summed E-state index contributed by atoms with van der Waals surface area (Å²) in [6, 6.07) is 7.41. The third kappa shape index (κ3) is 4.06. The molecule has 0 bridgehead atoms. The molecular weight excluding hydrogens is 290 g/mol. The highest BCUT2D eigenvalue weighted by molar-refractivity contribution is 6.30. The van der Waals surface area contributed by atoms with Gasteiger partial charge in [-0.3, -0.25) is 9.48 Å². The molecule has 0 spiro atoms. The molecule has 1 aromatic carbocycles.